The zero-order chi connectivity index (χ0) is 14.3. The second kappa shape index (κ2) is 4.77. The van der Waals surface area contributed by atoms with Crippen LogP contribution in [0.5, 0.6) is 0 Å². The highest BCUT2D eigenvalue weighted by Gasteiger charge is 2.62. The van der Waals surface area contributed by atoms with Crippen molar-refractivity contribution >= 4 is 0 Å². The highest BCUT2D eigenvalue weighted by atomic mass is 16.7. The van der Waals surface area contributed by atoms with Gasteiger partial charge in [0.15, 0.2) is 5.79 Å². The molecule has 1 aromatic carbocycles. The smallest absolute Gasteiger partial charge is 0.173 e. The van der Waals surface area contributed by atoms with E-state index in [0.717, 1.165) is 6.42 Å². The fraction of sp³-hybridized carbons (Fsp3) is 0.529. The van der Waals surface area contributed by atoms with Crippen LogP contribution < -0.4 is 0 Å². The van der Waals surface area contributed by atoms with Crippen molar-refractivity contribution in [3.63, 3.8) is 0 Å². The average Bonchev–Trinajstić information content (AvgIpc) is 2.94. The van der Waals surface area contributed by atoms with Gasteiger partial charge in [-0.05, 0) is 25.8 Å². The highest BCUT2D eigenvalue weighted by molar-refractivity contribution is 5.28. The minimum Gasteiger partial charge on any atom is -0.347 e. The maximum absolute atomic E-state index is 8.36. The molecule has 0 bridgehead atoms. The zero-order valence-corrected chi connectivity index (χ0v) is 11.6. The zero-order valence-electron chi connectivity index (χ0n) is 12.6. The Hall–Kier alpha value is -1.12. The summed E-state index contributed by atoms with van der Waals surface area (Å²) in [5.41, 5.74) is 1.18. The van der Waals surface area contributed by atoms with E-state index in [1.54, 1.807) is 0 Å². The number of allylic oxidation sites excluding steroid dienone is 1. The van der Waals surface area contributed by atoms with Gasteiger partial charge >= 0.3 is 0 Å². The van der Waals surface area contributed by atoms with E-state index in [9.17, 15) is 0 Å². The molecule has 5 atom stereocenters. The van der Waals surface area contributed by atoms with Crippen LogP contribution in [0.25, 0.3) is 0 Å². The van der Waals surface area contributed by atoms with Crippen LogP contribution in [0.4, 0.5) is 0 Å². The first-order chi connectivity index (χ1) is 9.58. The van der Waals surface area contributed by atoms with Crippen LogP contribution in [0.2, 0.25) is 0 Å². The molecule has 1 aromatic rings. The lowest BCUT2D eigenvalue weighted by molar-refractivity contribution is -0.263. The monoisotopic (exact) mass is 259 g/mol. The molecule has 2 fully saturated rings. The van der Waals surface area contributed by atoms with Crippen LogP contribution in [0.15, 0.2) is 43.0 Å². The van der Waals surface area contributed by atoms with E-state index in [0.29, 0.717) is 0 Å². The van der Waals surface area contributed by atoms with E-state index < -0.39 is 5.79 Å². The molecule has 1 heterocycles. The van der Waals surface area contributed by atoms with Gasteiger partial charge < -0.3 is 9.47 Å². The van der Waals surface area contributed by atoms with Crippen LogP contribution in [0.3, 0.4) is 0 Å². The molecule has 0 N–H and O–H groups in total. The molecule has 1 aliphatic heterocycles. The van der Waals surface area contributed by atoms with Crippen LogP contribution in [-0.4, -0.2) is 18.0 Å². The van der Waals surface area contributed by atoms with Gasteiger partial charge in [0.1, 0.15) is 0 Å². The Morgan fingerprint density at radius 3 is 2.53 bits per heavy atom. The van der Waals surface area contributed by atoms with E-state index in [1.807, 2.05) is 24.3 Å². The molecule has 0 aromatic heterocycles. The molecule has 1 aliphatic carbocycles. The lowest BCUT2D eigenvalue weighted by Gasteiger charge is -2.34. The Morgan fingerprint density at radius 2 is 1.95 bits per heavy atom. The SMILES string of the molecule is [2H][C@H]1[C@@H]([C@@H](C=C)c2ccccc2)C12O[C@H](C)C[C@@H](C)O2. The predicted octanol–water partition coefficient (Wildman–Crippen LogP) is 3.89. The second-order valence-corrected chi connectivity index (χ2v) is 5.68. The van der Waals surface area contributed by atoms with Gasteiger partial charge in [0, 0.05) is 19.6 Å². The summed E-state index contributed by atoms with van der Waals surface area (Å²) in [4.78, 5) is 0. The lowest BCUT2D eigenvalue weighted by Crippen LogP contribution is -2.39. The van der Waals surface area contributed by atoms with Gasteiger partial charge in [0.25, 0.3) is 0 Å². The first-order valence-corrected chi connectivity index (χ1v) is 7.04. The second-order valence-electron chi connectivity index (χ2n) is 5.68. The third kappa shape index (κ3) is 2.35. The van der Waals surface area contributed by atoms with E-state index in [2.05, 4.69) is 32.6 Å². The summed E-state index contributed by atoms with van der Waals surface area (Å²) < 4.78 is 20.4. The summed E-state index contributed by atoms with van der Waals surface area (Å²) in [6.45, 7) is 8.08. The summed E-state index contributed by atoms with van der Waals surface area (Å²) in [6, 6.07) is 10.2. The number of rotatable bonds is 3. The van der Waals surface area contributed by atoms with Gasteiger partial charge in [-0.15, -0.1) is 6.58 Å². The largest absolute Gasteiger partial charge is 0.347 e. The van der Waals surface area contributed by atoms with E-state index in [-0.39, 0.29) is 30.4 Å². The van der Waals surface area contributed by atoms with Crippen molar-refractivity contribution in [2.24, 2.45) is 5.92 Å². The summed E-state index contributed by atoms with van der Waals surface area (Å²) in [5, 5.41) is 0. The average molecular weight is 259 g/mol. The maximum atomic E-state index is 8.36. The van der Waals surface area contributed by atoms with Gasteiger partial charge in [-0.25, -0.2) is 0 Å². The minimum atomic E-state index is -0.730. The van der Waals surface area contributed by atoms with Crippen molar-refractivity contribution in [1.29, 1.82) is 0 Å². The summed E-state index contributed by atoms with van der Waals surface area (Å²) >= 11 is 0. The van der Waals surface area contributed by atoms with Gasteiger partial charge in [-0.1, -0.05) is 36.4 Å². The number of hydrogen-bond donors (Lipinski definition) is 0. The first kappa shape index (κ1) is 11.7. The Labute approximate surface area is 116 Å². The van der Waals surface area contributed by atoms with Crippen molar-refractivity contribution < 1.29 is 10.8 Å². The van der Waals surface area contributed by atoms with Crippen LogP contribution in [-0.2, 0) is 9.47 Å². The quantitative estimate of drug-likeness (QED) is 0.767. The molecule has 102 valence electrons. The third-order valence-corrected chi connectivity index (χ3v) is 4.03. The van der Waals surface area contributed by atoms with Crippen LogP contribution in [0.1, 0.15) is 39.5 Å². The molecule has 2 heteroatoms. The Bertz CT molecular complexity index is 477. The number of benzene rings is 1. The Kier molecular flexibility index (Phi) is 2.93. The molecule has 2 aliphatic rings. The van der Waals surface area contributed by atoms with Crippen molar-refractivity contribution in [3.05, 3.63) is 48.6 Å². The van der Waals surface area contributed by atoms with Gasteiger partial charge in [0.2, 0.25) is 0 Å². The van der Waals surface area contributed by atoms with Crippen molar-refractivity contribution in [1.82, 2.24) is 0 Å². The molecule has 0 unspecified atom stereocenters. The molecule has 1 saturated carbocycles. The molecule has 19 heavy (non-hydrogen) atoms. The third-order valence-electron chi connectivity index (χ3n) is 4.03. The lowest BCUT2D eigenvalue weighted by atomic mass is 9.93. The summed E-state index contributed by atoms with van der Waals surface area (Å²) in [7, 11) is 0. The minimum absolute atomic E-state index is 0.0348. The standard InChI is InChI=1S/C17H22O2/c1-4-15(14-8-6-5-7-9-14)16-11-17(16)18-12(2)10-13(3)19-17/h4-9,12-13,15-16H,1,10-11H2,2-3H3/t12-,13-,15+,16+/m1/s1/i11D/t11-,12+,13+,15-,16-/m0. The Morgan fingerprint density at radius 1 is 1.32 bits per heavy atom. The molecule has 0 radical (unpaired) electrons. The summed E-state index contributed by atoms with van der Waals surface area (Å²) in [5.74, 6) is -0.588. The fourth-order valence-corrected chi connectivity index (χ4v) is 3.18. The van der Waals surface area contributed by atoms with Gasteiger partial charge in [0.05, 0.1) is 12.2 Å². The van der Waals surface area contributed by atoms with E-state index >= 15 is 0 Å². The van der Waals surface area contributed by atoms with Gasteiger partial charge in [-0.2, -0.15) is 0 Å². The molecule has 0 amide bonds. The van der Waals surface area contributed by atoms with Crippen molar-refractivity contribution in [2.45, 2.75) is 50.6 Å². The molecule has 3 rings (SSSR count). The Balaban J connectivity index is 1.86. The number of hydrogen-bond acceptors (Lipinski definition) is 2. The number of ether oxygens (including phenoxy) is 2. The van der Waals surface area contributed by atoms with Crippen molar-refractivity contribution in [2.75, 3.05) is 0 Å². The van der Waals surface area contributed by atoms with Crippen LogP contribution >= 0.6 is 0 Å². The highest BCUT2D eigenvalue weighted by Crippen LogP contribution is 2.58. The van der Waals surface area contributed by atoms with E-state index in [1.165, 1.54) is 5.56 Å². The molecule has 1 spiro atoms. The topological polar surface area (TPSA) is 18.5 Å². The first-order valence-electron chi connectivity index (χ1n) is 7.61. The maximum Gasteiger partial charge on any atom is 0.173 e. The molecule has 1 saturated heterocycles. The predicted molar refractivity (Wildman–Crippen MR) is 75.9 cm³/mol. The fourth-order valence-electron chi connectivity index (χ4n) is 3.18. The molecular weight excluding hydrogens is 236 g/mol. The normalized spacial score (nSPS) is 43.6. The van der Waals surface area contributed by atoms with E-state index in [4.69, 9.17) is 10.8 Å². The van der Waals surface area contributed by atoms with Crippen LogP contribution in [0, 0.1) is 5.92 Å². The van der Waals surface area contributed by atoms with Crippen molar-refractivity contribution in [3.8, 4) is 0 Å². The summed E-state index contributed by atoms with van der Waals surface area (Å²) in [6.07, 6.45) is 2.78. The molecular formula is C17H22O2. The van der Waals surface area contributed by atoms with Gasteiger partial charge in [-0.3, -0.25) is 0 Å². The molecule has 2 nitrogen and oxygen atoms in total.